The third-order valence-electron chi connectivity index (χ3n) is 2.39. The van der Waals surface area contributed by atoms with Crippen molar-refractivity contribution >= 4 is 12.3 Å². The first kappa shape index (κ1) is 11.9. The lowest BCUT2D eigenvalue weighted by atomic mass is 9.94. The molecule has 1 aromatic rings. The van der Waals surface area contributed by atoms with Crippen LogP contribution in [0.4, 0.5) is 0 Å². The molecule has 1 N–H and O–H groups in total. The van der Waals surface area contributed by atoms with Crippen molar-refractivity contribution in [3.8, 4) is 6.07 Å². The number of aliphatic carboxylic acids is 1. The van der Waals surface area contributed by atoms with Gasteiger partial charge in [-0.2, -0.15) is 5.26 Å². The number of nitrogens with zero attached hydrogens (tertiary/aromatic N) is 1. The Morgan fingerprint density at radius 1 is 1.56 bits per heavy atom. The SMILES string of the molecule is CCc1ccc(C#N)c(CC(=O)O)c1C=O. The summed E-state index contributed by atoms with van der Waals surface area (Å²) in [6.07, 6.45) is 0.954. The molecule has 0 saturated heterocycles. The molecule has 0 saturated carbocycles. The van der Waals surface area contributed by atoms with E-state index in [2.05, 4.69) is 0 Å². The largest absolute Gasteiger partial charge is 0.481 e. The van der Waals surface area contributed by atoms with Crippen molar-refractivity contribution in [1.82, 2.24) is 0 Å². The van der Waals surface area contributed by atoms with Gasteiger partial charge in [0.25, 0.3) is 0 Å². The van der Waals surface area contributed by atoms with Crippen molar-refractivity contribution in [1.29, 1.82) is 5.26 Å². The summed E-state index contributed by atoms with van der Waals surface area (Å²) in [5.41, 5.74) is 1.67. The van der Waals surface area contributed by atoms with Crippen molar-refractivity contribution < 1.29 is 14.7 Å². The Balaban J connectivity index is 3.43. The monoisotopic (exact) mass is 217 g/mol. The molecule has 0 spiro atoms. The van der Waals surface area contributed by atoms with Gasteiger partial charge in [-0.1, -0.05) is 13.0 Å². The van der Waals surface area contributed by atoms with Gasteiger partial charge in [-0.05, 0) is 23.6 Å². The molecule has 1 rings (SSSR count). The summed E-state index contributed by atoms with van der Waals surface area (Å²) in [6, 6.07) is 5.15. The van der Waals surface area contributed by atoms with E-state index < -0.39 is 5.97 Å². The van der Waals surface area contributed by atoms with Gasteiger partial charge in [-0.3, -0.25) is 9.59 Å². The summed E-state index contributed by atoms with van der Waals surface area (Å²) >= 11 is 0. The summed E-state index contributed by atoms with van der Waals surface area (Å²) in [5, 5.41) is 17.6. The van der Waals surface area contributed by atoms with Crippen LogP contribution in [-0.2, 0) is 17.6 Å². The summed E-state index contributed by atoms with van der Waals surface area (Å²) in [5.74, 6) is -1.05. The lowest BCUT2D eigenvalue weighted by Gasteiger charge is -2.09. The standard InChI is InChI=1S/C12H11NO3/c1-2-8-3-4-9(6-13)10(5-12(15)16)11(8)7-14/h3-4,7H,2,5H2,1H3,(H,15,16). The van der Waals surface area contributed by atoms with Crippen LogP contribution >= 0.6 is 0 Å². The normalized spacial score (nSPS) is 9.50. The molecule has 16 heavy (non-hydrogen) atoms. The number of rotatable bonds is 4. The lowest BCUT2D eigenvalue weighted by molar-refractivity contribution is -0.136. The van der Waals surface area contributed by atoms with Gasteiger partial charge in [0, 0.05) is 5.56 Å². The Bertz CT molecular complexity index is 472. The highest BCUT2D eigenvalue weighted by Crippen LogP contribution is 2.19. The number of carbonyl (C=O) groups is 2. The van der Waals surface area contributed by atoms with Crippen LogP contribution in [0.5, 0.6) is 0 Å². The van der Waals surface area contributed by atoms with Gasteiger partial charge in [0.1, 0.15) is 0 Å². The van der Waals surface area contributed by atoms with Crippen LogP contribution in [0.3, 0.4) is 0 Å². The summed E-state index contributed by atoms with van der Waals surface area (Å²) in [4.78, 5) is 21.6. The first-order chi connectivity index (χ1) is 7.63. The Morgan fingerprint density at radius 2 is 2.25 bits per heavy atom. The number of aryl methyl sites for hydroxylation is 1. The van der Waals surface area contributed by atoms with Crippen LogP contribution in [0, 0.1) is 11.3 Å². The van der Waals surface area contributed by atoms with Crippen molar-refractivity contribution in [2.75, 3.05) is 0 Å². The van der Waals surface area contributed by atoms with E-state index >= 15 is 0 Å². The molecule has 82 valence electrons. The molecule has 0 aliphatic rings. The van der Waals surface area contributed by atoms with Gasteiger partial charge >= 0.3 is 5.97 Å². The zero-order valence-corrected chi connectivity index (χ0v) is 8.86. The van der Waals surface area contributed by atoms with Crippen LogP contribution in [0.15, 0.2) is 12.1 Å². The zero-order chi connectivity index (χ0) is 12.1. The minimum Gasteiger partial charge on any atom is -0.481 e. The van der Waals surface area contributed by atoms with Crippen molar-refractivity contribution in [2.45, 2.75) is 19.8 Å². The number of hydrogen-bond acceptors (Lipinski definition) is 3. The van der Waals surface area contributed by atoms with Crippen LogP contribution in [-0.4, -0.2) is 17.4 Å². The van der Waals surface area contributed by atoms with Gasteiger partial charge in [-0.15, -0.1) is 0 Å². The summed E-state index contributed by atoms with van der Waals surface area (Å²) < 4.78 is 0. The predicted molar refractivity (Wildman–Crippen MR) is 57.3 cm³/mol. The van der Waals surface area contributed by atoms with Crippen molar-refractivity contribution in [2.24, 2.45) is 0 Å². The Morgan fingerprint density at radius 3 is 2.69 bits per heavy atom. The summed E-state index contributed by atoms with van der Waals surface area (Å²) in [6.45, 7) is 1.87. The van der Waals surface area contributed by atoms with E-state index in [1.54, 1.807) is 12.1 Å². The van der Waals surface area contributed by atoms with Gasteiger partial charge in [0.15, 0.2) is 6.29 Å². The van der Waals surface area contributed by atoms with Gasteiger partial charge < -0.3 is 5.11 Å². The molecule has 0 aromatic heterocycles. The lowest BCUT2D eigenvalue weighted by Crippen LogP contribution is -2.08. The van der Waals surface area contributed by atoms with Crippen LogP contribution in [0.1, 0.15) is 34.0 Å². The van der Waals surface area contributed by atoms with Crippen LogP contribution in [0.25, 0.3) is 0 Å². The number of carboxylic acids is 1. The average Bonchev–Trinajstić information content (AvgIpc) is 2.27. The maximum absolute atomic E-state index is 11.0. The van der Waals surface area contributed by atoms with E-state index in [1.807, 2.05) is 13.0 Å². The topological polar surface area (TPSA) is 78.2 Å². The third-order valence-corrected chi connectivity index (χ3v) is 2.39. The van der Waals surface area contributed by atoms with Crippen molar-refractivity contribution in [3.05, 3.63) is 34.4 Å². The summed E-state index contributed by atoms with van der Waals surface area (Å²) in [7, 11) is 0. The van der Waals surface area contributed by atoms with E-state index in [1.165, 1.54) is 0 Å². The highest BCUT2D eigenvalue weighted by molar-refractivity contribution is 5.84. The van der Waals surface area contributed by atoms with E-state index in [0.29, 0.717) is 23.8 Å². The minimum atomic E-state index is -1.05. The number of benzene rings is 1. The van der Waals surface area contributed by atoms with E-state index in [0.717, 1.165) is 5.56 Å². The molecule has 4 nitrogen and oxygen atoms in total. The maximum Gasteiger partial charge on any atom is 0.307 e. The molecule has 4 heteroatoms. The number of carboxylic acid groups (broad SMARTS) is 1. The second kappa shape index (κ2) is 5.08. The number of aldehydes is 1. The molecule has 0 heterocycles. The minimum absolute atomic E-state index is 0.252. The molecule has 1 aromatic carbocycles. The average molecular weight is 217 g/mol. The zero-order valence-electron chi connectivity index (χ0n) is 8.86. The molecule has 0 atom stereocenters. The second-order valence-electron chi connectivity index (χ2n) is 3.32. The first-order valence-corrected chi connectivity index (χ1v) is 4.85. The fourth-order valence-electron chi connectivity index (χ4n) is 1.61. The highest BCUT2D eigenvalue weighted by Gasteiger charge is 2.14. The highest BCUT2D eigenvalue weighted by atomic mass is 16.4. The molecule has 0 amide bonds. The maximum atomic E-state index is 11.0. The first-order valence-electron chi connectivity index (χ1n) is 4.85. The number of hydrogen-bond donors (Lipinski definition) is 1. The molecule has 0 fully saturated rings. The molecule has 0 radical (unpaired) electrons. The quantitative estimate of drug-likeness (QED) is 0.776. The smallest absolute Gasteiger partial charge is 0.307 e. The molecule has 0 aliphatic carbocycles. The van der Waals surface area contributed by atoms with E-state index in [4.69, 9.17) is 10.4 Å². The molecular weight excluding hydrogens is 206 g/mol. The third kappa shape index (κ3) is 2.26. The molecular formula is C12H11NO3. The Labute approximate surface area is 93.1 Å². The molecule has 0 unspecified atom stereocenters. The van der Waals surface area contributed by atoms with Gasteiger partial charge in [0.05, 0.1) is 18.1 Å². The molecule has 0 aliphatic heterocycles. The predicted octanol–water partition coefficient (Wildman–Crippen LogP) is 1.56. The van der Waals surface area contributed by atoms with Gasteiger partial charge in [-0.25, -0.2) is 0 Å². The molecule has 0 bridgehead atoms. The second-order valence-corrected chi connectivity index (χ2v) is 3.32. The van der Waals surface area contributed by atoms with Crippen LogP contribution < -0.4 is 0 Å². The van der Waals surface area contributed by atoms with E-state index in [-0.39, 0.29) is 12.0 Å². The Kier molecular flexibility index (Phi) is 3.78. The van der Waals surface area contributed by atoms with Crippen LogP contribution in [0.2, 0.25) is 0 Å². The van der Waals surface area contributed by atoms with E-state index in [9.17, 15) is 9.59 Å². The number of nitriles is 1. The Hall–Kier alpha value is -2.15. The van der Waals surface area contributed by atoms with Gasteiger partial charge in [0.2, 0.25) is 0 Å². The van der Waals surface area contributed by atoms with Crippen molar-refractivity contribution in [3.63, 3.8) is 0 Å². The fourth-order valence-corrected chi connectivity index (χ4v) is 1.61. The number of carbonyl (C=O) groups excluding carboxylic acids is 1. The fraction of sp³-hybridized carbons (Fsp3) is 0.250.